The van der Waals surface area contributed by atoms with E-state index in [0.717, 1.165) is 47.3 Å². The fraction of sp³-hybridized carbons (Fsp3) is 0.667. The SMILES string of the molecule is CC(C)(C)OC(=O)N1CCN(CCCNC(=O)CCNc2nc(NC3CCCCCCCCCCC3)nc(OCCNCc3ccc(-c4nc5ccccc5s4)cc3)n2)CCN(C(=O)OC(C)(C)C)CCN(C(=O)OC(C)(C)C)CC1. The zero-order chi connectivity index (χ0) is 58.3. The van der Waals surface area contributed by atoms with E-state index in [-0.39, 0.29) is 57.1 Å². The second kappa shape index (κ2) is 32.0. The van der Waals surface area contributed by atoms with Crippen molar-refractivity contribution in [3.8, 4) is 16.6 Å². The molecule has 4 amide bonds. The molecule has 1 aliphatic heterocycles. The third kappa shape index (κ3) is 24.5. The Bertz CT molecular complexity index is 2480. The molecule has 81 heavy (non-hydrogen) atoms. The number of para-hydroxylation sites is 1. The van der Waals surface area contributed by atoms with E-state index in [1.807, 2.05) is 59.7 Å². The van der Waals surface area contributed by atoms with Crippen molar-refractivity contribution in [2.75, 3.05) is 95.8 Å². The number of nitrogens with one attached hydrogen (secondary N) is 4. The number of fused-ring (bicyclic) bond motifs is 1. The molecule has 2 aromatic heterocycles. The molecule has 1 saturated carbocycles. The smallest absolute Gasteiger partial charge is 0.410 e. The minimum absolute atomic E-state index is 0.132. The van der Waals surface area contributed by atoms with Crippen LogP contribution in [0.3, 0.4) is 0 Å². The molecule has 2 fully saturated rings. The van der Waals surface area contributed by atoms with Crippen LogP contribution in [0.4, 0.5) is 26.3 Å². The molecule has 0 bridgehead atoms. The molecule has 0 unspecified atom stereocenters. The van der Waals surface area contributed by atoms with Crippen LogP contribution in [-0.2, 0) is 25.5 Å². The van der Waals surface area contributed by atoms with Gasteiger partial charge in [-0.15, -0.1) is 11.3 Å². The Balaban J connectivity index is 1.03. The molecule has 6 rings (SSSR count). The highest BCUT2D eigenvalue weighted by Gasteiger charge is 2.30. The number of rotatable bonds is 17. The van der Waals surface area contributed by atoms with Gasteiger partial charge in [0.25, 0.3) is 0 Å². The van der Waals surface area contributed by atoms with Crippen LogP contribution in [0.2, 0.25) is 0 Å². The highest BCUT2D eigenvalue weighted by Crippen LogP contribution is 2.30. The van der Waals surface area contributed by atoms with Crippen LogP contribution >= 0.6 is 11.3 Å². The second-order valence-electron chi connectivity index (χ2n) is 24.2. The van der Waals surface area contributed by atoms with Gasteiger partial charge in [-0.1, -0.05) is 94.2 Å². The first-order valence-electron chi connectivity index (χ1n) is 29.6. The molecule has 0 atom stereocenters. The number of aromatic nitrogens is 4. The molecule has 21 heteroatoms. The lowest BCUT2D eigenvalue weighted by atomic mass is 9.98. The van der Waals surface area contributed by atoms with E-state index >= 15 is 0 Å². The third-order valence-electron chi connectivity index (χ3n) is 13.6. The number of carbonyl (C=O) groups excluding carboxylic acids is 4. The summed E-state index contributed by atoms with van der Waals surface area (Å²) < 4.78 is 24.7. The molecule has 1 aliphatic carbocycles. The second-order valence-corrected chi connectivity index (χ2v) is 25.2. The third-order valence-corrected chi connectivity index (χ3v) is 14.7. The summed E-state index contributed by atoms with van der Waals surface area (Å²) in [5.41, 5.74) is 1.07. The Morgan fingerprint density at radius 1 is 0.593 bits per heavy atom. The van der Waals surface area contributed by atoms with Crippen LogP contribution in [0.5, 0.6) is 6.01 Å². The molecule has 1 saturated heterocycles. The largest absolute Gasteiger partial charge is 0.462 e. The summed E-state index contributed by atoms with van der Waals surface area (Å²) in [4.78, 5) is 79.7. The molecular formula is C60H94N12O8S. The Morgan fingerprint density at radius 2 is 1.11 bits per heavy atom. The number of hydrogen-bond donors (Lipinski definition) is 4. The summed E-state index contributed by atoms with van der Waals surface area (Å²) in [5.74, 6) is 0.656. The lowest BCUT2D eigenvalue weighted by Crippen LogP contribution is -2.51. The van der Waals surface area contributed by atoms with Crippen molar-refractivity contribution in [2.45, 2.75) is 175 Å². The van der Waals surface area contributed by atoms with Gasteiger partial charge in [0.15, 0.2) is 0 Å². The van der Waals surface area contributed by atoms with Gasteiger partial charge in [0, 0.05) is 96.6 Å². The van der Waals surface area contributed by atoms with Crippen molar-refractivity contribution in [1.82, 2.24) is 50.2 Å². The molecule has 4 aromatic rings. The van der Waals surface area contributed by atoms with Gasteiger partial charge in [-0.05, 0) is 106 Å². The van der Waals surface area contributed by atoms with Crippen molar-refractivity contribution in [3.05, 3.63) is 54.1 Å². The molecule has 3 heterocycles. The number of amides is 4. The zero-order valence-corrected chi connectivity index (χ0v) is 50.9. The van der Waals surface area contributed by atoms with Crippen LogP contribution in [0.25, 0.3) is 20.8 Å². The molecule has 20 nitrogen and oxygen atoms in total. The first-order chi connectivity index (χ1) is 38.6. The van der Waals surface area contributed by atoms with Crippen LogP contribution in [0, 0.1) is 0 Å². The van der Waals surface area contributed by atoms with E-state index in [4.69, 9.17) is 33.9 Å². The highest BCUT2D eigenvalue weighted by atomic mass is 32.1. The van der Waals surface area contributed by atoms with Crippen molar-refractivity contribution >= 4 is 57.6 Å². The predicted octanol–water partition coefficient (Wildman–Crippen LogP) is 10.7. The van der Waals surface area contributed by atoms with Crippen LogP contribution < -0.4 is 26.0 Å². The van der Waals surface area contributed by atoms with E-state index in [0.29, 0.717) is 77.3 Å². The molecule has 0 spiro atoms. The molecule has 448 valence electrons. The first kappa shape index (κ1) is 64.1. The quantitative estimate of drug-likeness (QED) is 0.0571. The highest BCUT2D eigenvalue weighted by molar-refractivity contribution is 7.21. The van der Waals surface area contributed by atoms with Crippen molar-refractivity contribution < 1.29 is 38.1 Å². The predicted molar refractivity (Wildman–Crippen MR) is 321 cm³/mol. The van der Waals surface area contributed by atoms with E-state index in [2.05, 4.69) is 61.5 Å². The number of ether oxygens (including phenoxy) is 4. The van der Waals surface area contributed by atoms with Crippen molar-refractivity contribution in [3.63, 3.8) is 0 Å². The van der Waals surface area contributed by atoms with Gasteiger partial charge in [0.1, 0.15) is 28.4 Å². The standard InChI is InChI=1S/C60H94N12O8S/c1-58(2,3)78-55(74)70-37-35-69(36-38-71(56(75)79-59(4,5)6)40-42-72(41-39-70)57(76)80-60(7,8)9)34-21-31-62-50(73)30-32-63-52-66-53(64-47-22-17-15-13-11-10-12-14-16-18-23-47)68-54(67-52)77-43-33-61-44-45-26-28-46(29-27-45)51-65-48-24-19-20-25-49(48)81-51/h19-20,24-29,47,61H,10-18,21-23,30-44H2,1-9H3,(H,62,73)(H2,63,64,66,67,68). The molecule has 2 aromatic carbocycles. The molecule has 4 N–H and O–H groups in total. The molecule has 0 radical (unpaired) electrons. The minimum atomic E-state index is -0.744. The van der Waals surface area contributed by atoms with Gasteiger partial charge in [-0.3, -0.25) is 9.69 Å². The van der Waals surface area contributed by atoms with E-state index in [1.165, 1.54) is 54.5 Å². The maximum absolute atomic E-state index is 13.6. The Morgan fingerprint density at radius 3 is 1.65 bits per heavy atom. The number of anilines is 2. The van der Waals surface area contributed by atoms with E-state index in [9.17, 15) is 19.2 Å². The summed E-state index contributed by atoms with van der Waals surface area (Å²) in [6, 6.07) is 17.1. The summed E-state index contributed by atoms with van der Waals surface area (Å²) in [6.07, 6.45) is 12.6. The summed E-state index contributed by atoms with van der Waals surface area (Å²) in [7, 11) is 0. The lowest BCUT2D eigenvalue weighted by molar-refractivity contribution is -0.120. The first-order valence-corrected chi connectivity index (χ1v) is 30.4. The van der Waals surface area contributed by atoms with Gasteiger partial charge in [-0.25, -0.2) is 19.4 Å². The summed E-state index contributed by atoms with van der Waals surface area (Å²) in [5, 5.41) is 14.4. The molecule has 2 aliphatic rings. The van der Waals surface area contributed by atoms with Gasteiger partial charge < -0.3 is 54.9 Å². The maximum atomic E-state index is 13.6. The topological polar surface area (TPSA) is 218 Å². The zero-order valence-electron chi connectivity index (χ0n) is 50.0. The van der Waals surface area contributed by atoms with Crippen molar-refractivity contribution in [2.24, 2.45) is 0 Å². The number of thiazole rings is 1. The van der Waals surface area contributed by atoms with Gasteiger partial charge >= 0.3 is 24.3 Å². The van der Waals surface area contributed by atoms with Crippen molar-refractivity contribution in [1.29, 1.82) is 0 Å². The van der Waals surface area contributed by atoms with Gasteiger partial charge in [0.05, 0.1) is 10.2 Å². The fourth-order valence-corrected chi connectivity index (χ4v) is 10.3. The Hall–Kier alpha value is -6.06. The number of carbonyl (C=O) groups is 4. The normalized spacial score (nSPS) is 16.5. The number of benzene rings is 2. The van der Waals surface area contributed by atoms with Gasteiger partial charge in [0.2, 0.25) is 17.8 Å². The fourth-order valence-electron chi connectivity index (χ4n) is 9.37. The van der Waals surface area contributed by atoms with Crippen LogP contribution in [-0.4, -0.2) is 172 Å². The Kier molecular flexibility index (Phi) is 25.3. The van der Waals surface area contributed by atoms with Gasteiger partial charge in [-0.2, -0.15) is 15.0 Å². The molecular weight excluding hydrogens is 1050 g/mol. The van der Waals surface area contributed by atoms with Crippen LogP contribution in [0.15, 0.2) is 48.5 Å². The summed E-state index contributed by atoms with van der Waals surface area (Å²) in [6.45, 7) is 21.4. The average molecular weight is 1140 g/mol. The Labute approximate surface area is 485 Å². The van der Waals surface area contributed by atoms with Crippen LogP contribution in [0.1, 0.15) is 151 Å². The summed E-state index contributed by atoms with van der Waals surface area (Å²) >= 11 is 1.70. The average Bonchev–Trinajstić information content (AvgIpc) is 3.83. The number of hydrogen-bond acceptors (Lipinski definition) is 17. The van der Waals surface area contributed by atoms with E-state index in [1.54, 1.807) is 41.9 Å². The van der Waals surface area contributed by atoms with E-state index < -0.39 is 35.1 Å². The monoisotopic (exact) mass is 1140 g/mol. The maximum Gasteiger partial charge on any atom is 0.410 e. The minimum Gasteiger partial charge on any atom is -0.462 e. The number of nitrogens with zero attached hydrogens (tertiary/aromatic N) is 8. The lowest BCUT2D eigenvalue weighted by Gasteiger charge is -2.35.